The Morgan fingerprint density at radius 2 is 1.27 bits per heavy atom. The topological polar surface area (TPSA) is 42.5 Å². The van der Waals surface area contributed by atoms with Crippen LogP contribution in [0, 0.1) is 0 Å². The fourth-order valence-corrected chi connectivity index (χ4v) is 2.49. The maximum absolute atomic E-state index is 12.4. The molecule has 0 fully saturated rings. The molecule has 0 bridgehead atoms. The van der Waals surface area contributed by atoms with Crippen molar-refractivity contribution in [2.75, 3.05) is 23.8 Å². The first-order valence-corrected chi connectivity index (χ1v) is 9.05. The number of halogens is 6. The van der Waals surface area contributed by atoms with Crippen molar-refractivity contribution in [3.8, 4) is 11.5 Å². The van der Waals surface area contributed by atoms with Crippen molar-refractivity contribution in [3.05, 3.63) is 48.0 Å². The summed E-state index contributed by atoms with van der Waals surface area (Å²) in [7, 11) is 0. The van der Waals surface area contributed by atoms with E-state index < -0.39 is 25.6 Å². The summed E-state index contributed by atoms with van der Waals surface area (Å²) in [5.74, 6) is -0.658. The minimum Gasteiger partial charge on any atom is -0.484 e. The maximum Gasteiger partial charge on any atom is 0.422 e. The molecule has 0 aliphatic heterocycles. The second-order valence-corrected chi connectivity index (χ2v) is 6.54. The third kappa shape index (κ3) is 8.76. The molecule has 2 N–H and O–H groups in total. The standard InChI is InChI=1S/C19H18F6N2O2S/c1-2-12-3-5-13(6-4-12)26-17(30)27-14-7-15(28-10-18(20,21)22)9-16(8-14)29-11-19(23,24)25/h3-9H,2,10-11H2,1H3,(H2,26,27,30). The number of rotatable bonds is 7. The second-order valence-electron chi connectivity index (χ2n) is 6.13. The third-order valence-electron chi connectivity index (χ3n) is 3.56. The Bertz CT molecular complexity index is 817. The summed E-state index contributed by atoms with van der Waals surface area (Å²) >= 11 is 5.15. The molecule has 2 aromatic rings. The van der Waals surface area contributed by atoms with Crippen LogP contribution >= 0.6 is 12.2 Å². The number of anilines is 2. The normalized spacial score (nSPS) is 11.7. The van der Waals surface area contributed by atoms with E-state index in [0.29, 0.717) is 5.69 Å². The van der Waals surface area contributed by atoms with E-state index >= 15 is 0 Å². The first-order valence-electron chi connectivity index (χ1n) is 8.64. The van der Waals surface area contributed by atoms with Gasteiger partial charge in [-0.3, -0.25) is 0 Å². The Kier molecular flexibility index (Phi) is 7.77. The summed E-state index contributed by atoms with van der Waals surface area (Å²) in [6.45, 7) is -1.22. The number of benzene rings is 2. The smallest absolute Gasteiger partial charge is 0.422 e. The predicted molar refractivity (Wildman–Crippen MR) is 105 cm³/mol. The fourth-order valence-electron chi connectivity index (χ4n) is 2.26. The van der Waals surface area contributed by atoms with E-state index in [9.17, 15) is 26.3 Å². The van der Waals surface area contributed by atoms with Crippen LogP contribution in [-0.4, -0.2) is 30.7 Å². The van der Waals surface area contributed by atoms with Gasteiger partial charge in [-0.05, 0) is 36.3 Å². The molecule has 0 amide bonds. The van der Waals surface area contributed by atoms with Crippen LogP contribution in [0.25, 0.3) is 0 Å². The van der Waals surface area contributed by atoms with E-state index in [4.69, 9.17) is 12.2 Å². The van der Waals surface area contributed by atoms with Crippen LogP contribution in [-0.2, 0) is 6.42 Å². The summed E-state index contributed by atoms with van der Waals surface area (Å²) in [4.78, 5) is 0. The Balaban J connectivity index is 2.13. The lowest BCUT2D eigenvalue weighted by Crippen LogP contribution is -2.21. The number of aryl methyl sites for hydroxylation is 1. The molecular weight excluding hydrogens is 434 g/mol. The van der Waals surface area contributed by atoms with Crippen molar-refractivity contribution in [1.82, 2.24) is 0 Å². The Hall–Kier alpha value is -2.69. The minimum absolute atomic E-state index is 0.0778. The monoisotopic (exact) mass is 452 g/mol. The van der Waals surface area contributed by atoms with Crippen LogP contribution in [0.1, 0.15) is 12.5 Å². The maximum atomic E-state index is 12.4. The largest absolute Gasteiger partial charge is 0.484 e. The predicted octanol–water partition coefficient (Wildman–Crippen LogP) is 5.94. The Labute approximate surface area is 174 Å². The van der Waals surface area contributed by atoms with Crippen LogP contribution in [0.2, 0.25) is 0 Å². The highest BCUT2D eigenvalue weighted by atomic mass is 32.1. The van der Waals surface area contributed by atoms with Gasteiger partial charge in [0.2, 0.25) is 0 Å². The van der Waals surface area contributed by atoms with Crippen LogP contribution in [0.5, 0.6) is 11.5 Å². The highest BCUT2D eigenvalue weighted by molar-refractivity contribution is 7.80. The number of alkyl halides is 6. The van der Waals surface area contributed by atoms with E-state index in [0.717, 1.165) is 18.1 Å². The number of hydrogen-bond acceptors (Lipinski definition) is 3. The molecule has 0 aromatic heterocycles. The van der Waals surface area contributed by atoms with Crippen LogP contribution < -0.4 is 20.1 Å². The zero-order valence-corrected chi connectivity index (χ0v) is 16.5. The van der Waals surface area contributed by atoms with Gasteiger partial charge in [-0.1, -0.05) is 19.1 Å². The van der Waals surface area contributed by atoms with Gasteiger partial charge in [-0.2, -0.15) is 26.3 Å². The second kappa shape index (κ2) is 9.88. The molecule has 0 aliphatic carbocycles. The van der Waals surface area contributed by atoms with Crippen molar-refractivity contribution in [1.29, 1.82) is 0 Å². The van der Waals surface area contributed by atoms with Crippen molar-refractivity contribution in [2.45, 2.75) is 25.7 Å². The molecule has 0 aliphatic rings. The summed E-state index contributed by atoms with van der Waals surface area (Å²) in [5.41, 5.74) is 1.86. The molecule has 0 atom stereocenters. The lowest BCUT2D eigenvalue weighted by molar-refractivity contribution is -0.153. The van der Waals surface area contributed by atoms with Crippen LogP contribution in [0.3, 0.4) is 0 Å². The zero-order chi connectivity index (χ0) is 22.4. The van der Waals surface area contributed by atoms with E-state index in [-0.39, 0.29) is 22.3 Å². The van der Waals surface area contributed by atoms with Crippen molar-refractivity contribution in [2.24, 2.45) is 0 Å². The average molecular weight is 452 g/mol. The molecule has 0 unspecified atom stereocenters. The molecule has 0 spiro atoms. The van der Waals surface area contributed by atoms with Crippen LogP contribution in [0.4, 0.5) is 37.7 Å². The molecule has 11 heteroatoms. The molecule has 0 heterocycles. The number of thiocarbonyl (C=S) groups is 1. The van der Waals surface area contributed by atoms with Gasteiger partial charge >= 0.3 is 12.4 Å². The number of ether oxygens (including phenoxy) is 2. The molecule has 0 saturated heterocycles. The fraction of sp³-hybridized carbons (Fsp3) is 0.316. The summed E-state index contributed by atoms with van der Waals surface area (Å²) in [5, 5.41) is 5.64. The molecule has 2 rings (SSSR count). The molecule has 0 saturated carbocycles. The molecule has 4 nitrogen and oxygen atoms in total. The first-order chi connectivity index (χ1) is 13.9. The van der Waals surface area contributed by atoms with Gasteiger partial charge in [-0.15, -0.1) is 0 Å². The van der Waals surface area contributed by atoms with E-state index in [1.807, 2.05) is 19.1 Å². The van der Waals surface area contributed by atoms with E-state index in [1.54, 1.807) is 12.1 Å². The summed E-state index contributed by atoms with van der Waals surface area (Å²) in [6.07, 6.45) is -8.37. The van der Waals surface area contributed by atoms with E-state index in [2.05, 4.69) is 20.1 Å². The summed E-state index contributed by atoms with van der Waals surface area (Å²) in [6, 6.07) is 10.6. The SMILES string of the molecule is CCc1ccc(NC(=S)Nc2cc(OCC(F)(F)F)cc(OCC(F)(F)F)c2)cc1. The average Bonchev–Trinajstić information content (AvgIpc) is 2.64. The quantitative estimate of drug-likeness (QED) is 0.402. The van der Waals surface area contributed by atoms with Gasteiger partial charge in [0.25, 0.3) is 0 Å². The van der Waals surface area contributed by atoms with Crippen molar-refractivity contribution >= 4 is 28.7 Å². The molecule has 2 aromatic carbocycles. The van der Waals surface area contributed by atoms with Gasteiger partial charge in [0.15, 0.2) is 18.3 Å². The first kappa shape index (κ1) is 23.6. The Morgan fingerprint density at radius 3 is 1.70 bits per heavy atom. The number of hydrogen-bond donors (Lipinski definition) is 2. The van der Waals surface area contributed by atoms with E-state index in [1.165, 1.54) is 12.1 Å². The Morgan fingerprint density at radius 1 is 0.800 bits per heavy atom. The van der Waals surface area contributed by atoms with Gasteiger partial charge in [0, 0.05) is 29.6 Å². The molecule has 164 valence electrons. The third-order valence-corrected chi connectivity index (χ3v) is 3.77. The van der Waals surface area contributed by atoms with Crippen molar-refractivity contribution in [3.63, 3.8) is 0 Å². The number of nitrogens with one attached hydrogen (secondary N) is 2. The molecule has 0 radical (unpaired) electrons. The minimum atomic E-state index is -4.61. The zero-order valence-electron chi connectivity index (χ0n) is 15.7. The lowest BCUT2D eigenvalue weighted by atomic mass is 10.1. The molecule has 30 heavy (non-hydrogen) atoms. The van der Waals surface area contributed by atoms with Crippen molar-refractivity contribution < 1.29 is 35.8 Å². The van der Waals surface area contributed by atoms with Gasteiger partial charge in [0.05, 0.1) is 0 Å². The highest BCUT2D eigenvalue weighted by Crippen LogP contribution is 2.29. The van der Waals surface area contributed by atoms with Gasteiger partial charge in [0.1, 0.15) is 11.5 Å². The van der Waals surface area contributed by atoms with Gasteiger partial charge in [-0.25, -0.2) is 0 Å². The van der Waals surface area contributed by atoms with Crippen LogP contribution in [0.15, 0.2) is 42.5 Å². The highest BCUT2D eigenvalue weighted by Gasteiger charge is 2.30. The molecular formula is C19H18F6N2O2S. The lowest BCUT2D eigenvalue weighted by Gasteiger charge is -2.16. The summed E-state index contributed by atoms with van der Waals surface area (Å²) < 4.78 is 83.6. The van der Waals surface area contributed by atoms with Gasteiger partial charge < -0.3 is 20.1 Å².